The van der Waals surface area contributed by atoms with Crippen molar-refractivity contribution in [3.63, 3.8) is 0 Å². The zero-order valence-electron chi connectivity index (χ0n) is 15.6. The first kappa shape index (κ1) is 20.2. The second-order valence-electron chi connectivity index (χ2n) is 6.09. The van der Waals surface area contributed by atoms with E-state index >= 15 is 0 Å². The number of carbonyl (C=O) groups excluding carboxylic acids is 2. The topological polar surface area (TPSA) is 69.0 Å². The highest BCUT2D eigenvalue weighted by Gasteiger charge is 2.34. The Bertz CT molecular complexity index is 936. The predicted molar refractivity (Wildman–Crippen MR) is 111 cm³/mol. The largest absolute Gasteiger partial charge is 0.493 e. The van der Waals surface area contributed by atoms with Gasteiger partial charge >= 0.3 is 5.97 Å². The Morgan fingerprint density at radius 2 is 2.14 bits per heavy atom. The minimum Gasteiger partial charge on any atom is -0.493 e. The zero-order chi connectivity index (χ0) is 20.3. The van der Waals surface area contributed by atoms with Gasteiger partial charge in [0.15, 0.2) is 11.5 Å². The Labute approximate surface area is 172 Å². The van der Waals surface area contributed by atoms with Gasteiger partial charge in [-0.3, -0.25) is 9.69 Å². The first-order valence-electron chi connectivity index (χ1n) is 8.65. The lowest BCUT2D eigenvalue weighted by atomic mass is 10.1. The van der Waals surface area contributed by atoms with Gasteiger partial charge in [-0.2, -0.15) is 0 Å². The molecule has 1 aromatic carbocycles. The Hall–Kier alpha value is -2.58. The standard InChI is InChI=1S/C20H19NO5S2/c1-4-12(2)21-18(22)17(28-20(21)27)11-13-7-8-14(16(10-13)24-3)26-19(23)15-6-5-9-25-15/h5-12H,4H2,1-3H3/b17-11-. The minimum absolute atomic E-state index is 0.0522. The Balaban J connectivity index is 1.82. The average Bonchev–Trinajstić information content (AvgIpc) is 3.31. The van der Waals surface area contributed by atoms with Gasteiger partial charge in [0, 0.05) is 6.04 Å². The van der Waals surface area contributed by atoms with Gasteiger partial charge in [0.2, 0.25) is 5.76 Å². The molecule has 1 aliphatic rings. The molecule has 0 N–H and O–H groups in total. The molecular formula is C20H19NO5S2. The van der Waals surface area contributed by atoms with Crippen LogP contribution in [0.2, 0.25) is 0 Å². The van der Waals surface area contributed by atoms with Crippen LogP contribution in [-0.4, -0.2) is 34.2 Å². The molecule has 0 saturated carbocycles. The van der Waals surface area contributed by atoms with E-state index in [2.05, 4.69) is 0 Å². The van der Waals surface area contributed by atoms with Gasteiger partial charge in [0.1, 0.15) is 4.32 Å². The van der Waals surface area contributed by atoms with Crippen LogP contribution in [0.5, 0.6) is 11.5 Å². The second-order valence-corrected chi connectivity index (χ2v) is 7.76. The summed E-state index contributed by atoms with van der Waals surface area (Å²) in [6.45, 7) is 3.99. The van der Waals surface area contributed by atoms with Crippen LogP contribution in [0.15, 0.2) is 45.9 Å². The Morgan fingerprint density at radius 3 is 2.79 bits per heavy atom. The molecule has 8 heteroatoms. The molecule has 2 aromatic rings. The third-order valence-corrected chi connectivity index (χ3v) is 5.60. The Kier molecular flexibility index (Phi) is 6.21. The quantitative estimate of drug-likeness (QED) is 0.296. The van der Waals surface area contributed by atoms with Crippen LogP contribution in [0.4, 0.5) is 0 Å². The lowest BCUT2D eigenvalue weighted by Crippen LogP contribution is -2.36. The van der Waals surface area contributed by atoms with Crippen molar-refractivity contribution in [3.8, 4) is 11.5 Å². The molecule has 28 heavy (non-hydrogen) atoms. The highest BCUT2D eigenvalue weighted by atomic mass is 32.2. The molecule has 6 nitrogen and oxygen atoms in total. The molecular weight excluding hydrogens is 398 g/mol. The number of thiocarbonyl (C=S) groups is 1. The van der Waals surface area contributed by atoms with Crippen molar-refractivity contribution in [3.05, 3.63) is 52.8 Å². The maximum absolute atomic E-state index is 12.7. The van der Waals surface area contributed by atoms with E-state index in [0.29, 0.717) is 15.0 Å². The smallest absolute Gasteiger partial charge is 0.379 e. The van der Waals surface area contributed by atoms with Crippen molar-refractivity contribution in [2.45, 2.75) is 26.3 Å². The third kappa shape index (κ3) is 4.13. The van der Waals surface area contributed by atoms with E-state index in [1.165, 1.54) is 31.2 Å². The number of methoxy groups -OCH3 is 1. The highest BCUT2D eigenvalue weighted by molar-refractivity contribution is 8.26. The van der Waals surface area contributed by atoms with Gasteiger partial charge in [0.25, 0.3) is 5.91 Å². The monoisotopic (exact) mass is 417 g/mol. The number of benzene rings is 1. The van der Waals surface area contributed by atoms with Gasteiger partial charge in [-0.05, 0) is 49.2 Å². The molecule has 0 spiro atoms. The summed E-state index contributed by atoms with van der Waals surface area (Å²) in [7, 11) is 1.48. The SMILES string of the molecule is CCC(C)N1C(=O)/C(=C/c2ccc(OC(=O)c3ccco3)c(OC)c2)SC1=S. The van der Waals surface area contributed by atoms with E-state index in [1.54, 1.807) is 35.2 Å². The van der Waals surface area contributed by atoms with Gasteiger partial charge in [-0.25, -0.2) is 4.79 Å². The highest BCUT2D eigenvalue weighted by Crippen LogP contribution is 2.36. The van der Waals surface area contributed by atoms with Crippen molar-refractivity contribution in [2.24, 2.45) is 0 Å². The number of hydrogen-bond acceptors (Lipinski definition) is 7. The maximum Gasteiger partial charge on any atom is 0.379 e. The second kappa shape index (κ2) is 8.62. The molecule has 0 bridgehead atoms. The van der Waals surface area contributed by atoms with Crippen LogP contribution in [0.3, 0.4) is 0 Å². The van der Waals surface area contributed by atoms with Crippen molar-refractivity contribution in [2.75, 3.05) is 7.11 Å². The van der Waals surface area contributed by atoms with E-state index in [1.807, 2.05) is 13.8 Å². The molecule has 1 saturated heterocycles. The summed E-state index contributed by atoms with van der Waals surface area (Å²) in [6, 6.07) is 8.22. The first-order valence-corrected chi connectivity index (χ1v) is 9.87. The number of amides is 1. The summed E-state index contributed by atoms with van der Waals surface area (Å²) < 4.78 is 16.2. The lowest BCUT2D eigenvalue weighted by Gasteiger charge is -2.21. The van der Waals surface area contributed by atoms with E-state index in [0.717, 1.165) is 12.0 Å². The van der Waals surface area contributed by atoms with Crippen molar-refractivity contribution in [1.82, 2.24) is 4.90 Å². The number of thioether (sulfide) groups is 1. The Morgan fingerprint density at radius 1 is 1.36 bits per heavy atom. The number of furan rings is 1. The lowest BCUT2D eigenvalue weighted by molar-refractivity contribution is -0.123. The van der Waals surface area contributed by atoms with Gasteiger partial charge < -0.3 is 13.9 Å². The van der Waals surface area contributed by atoms with Gasteiger partial charge in [-0.15, -0.1) is 0 Å². The summed E-state index contributed by atoms with van der Waals surface area (Å²) in [4.78, 5) is 26.9. The number of nitrogens with zero attached hydrogens (tertiary/aromatic N) is 1. The van der Waals surface area contributed by atoms with Crippen LogP contribution in [-0.2, 0) is 4.79 Å². The molecule has 1 fully saturated rings. The number of rotatable bonds is 6. The van der Waals surface area contributed by atoms with Crippen LogP contribution in [0.25, 0.3) is 6.08 Å². The summed E-state index contributed by atoms with van der Waals surface area (Å²) in [6.07, 6.45) is 3.97. The van der Waals surface area contributed by atoms with Crippen molar-refractivity contribution in [1.29, 1.82) is 0 Å². The molecule has 1 aromatic heterocycles. The molecule has 0 aliphatic carbocycles. The van der Waals surface area contributed by atoms with E-state index in [-0.39, 0.29) is 23.5 Å². The number of carbonyl (C=O) groups is 2. The van der Waals surface area contributed by atoms with Gasteiger partial charge in [-0.1, -0.05) is 37.0 Å². The normalized spacial score (nSPS) is 16.5. The van der Waals surface area contributed by atoms with E-state index in [4.69, 9.17) is 26.1 Å². The number of esters is 1. The molecule has 1 unspecified atom stereocenters. The number of ether oxygens (including phenoxy) is 2. The van der Waals surface area contributed by atoms with E-state index < -0.39 is 5.97 Å². The molecule has 3 rings (SSSR count). The third-order valence-electron chi connectivity index (χ3n) is 4.27. The fourth-order valence-electron chi connectivity index (χ4n) is 2.60. The van der Waals surface area contributed by atoms with Crippen LogP contribution < -0.4 is 9.47 Å². The summed E-state index contributed by atoms with van der Waals surface area (Å²) in [5.41, 5.74) is 0.735. The number of hydrogen-bond donors (Lipinski definition) is 0. The average molecular weight is 418 g/mol. The van der Waals surface area contributed by atoms with Crippen molar-refractivity contribution < 1.29 is 23.5 Å². The molecule has 146 valence electrons. The van der Waals surface area contributed by atoms with E-state index in [9.17, 15) is 9.59 Å². The predicted octanol–water partition coefficient (Wildman–Crippen LogP) is 4.51. The fraction of sp³-hybridized carbons (Fsp3) is 0.250. The van der Waals surface area contributed by atoms with Crippen LogP contribution in [0, 0.1) is 0 Å². The zero-order valence-corrected chi connectivity index (χ0v) is 17.3. The first-order chi connectivity index (χ1) is 13.4. The van der Waals surface area contributed by atoms with Crippen molar-refractivity contribution >= 4 is 46.3 Å². The summed E-state index contributed by atoms with van der Waals surface area (Å²) in [5, 5.41) is 0. The summed E-state index contributed by atoms with van der Waals surface area (Å²) >= 11 is 6.62. The molecule has 1 aliphatic heterocycles. The molecule has 1 amide bonds. The van der Waals surface area contributed by atoms with Crippen LogP contribution >= 0.6 is 24.0 Å². The fourth-order valence-corrected chi connectivity index (χ4v) is 4.06. The summed E-state index contributed by atoms with van der Waals surface area (Å²) in [5.74, 6) is 0.00114. The molecule has 0 radical (unpaired) electrons. The molecule has 2 heterocycles. The maximum atomic E-state index is 12.7. The van der Waals surface area contributed by atoms with Gasteiger partial charge in [0.05, 0.1) is 18.3 Å². The van der Waals surface area contributed by atoms with Crippen LogP contribution in [0.1, 0.15) is 36.4 Å². The molecule has 1 atom stereocenters. The minimum atomic E-state index is -0.620.